The fourth-order valence-electron chi connectivity index (χ4n) is 3.08. The largest absolute Gasteiger partial charge is 0.317 e. The van der Waals surface area contributed by atoms with Gasteiger partial charge in [0.15, 0.2) is 11.3 Å². The molecule has 1 saturated heterocycles. The lowest BCUT2D eigenvalue weighted by Gasteiger charge is -2.07. The van der Waals surface area contributed by atoms with Crippen LogP contribution in [0.4, 0.5) is 0 Å². The molecule has 1 fully saturated rings. The molecule has 0 unspecified atom stereocenters. The summed E-state index contributed by atoms with van der Waals surface area (Å²) in [4.78, 5) is 8.64. The monoisotopic (exact) mass is 443 g/mol. The fourth-order valence-corrected chi connectivity index (χ4v) is 4.38. The molecule has 1 N–H and O–H groups in total. The van der Waals surface area contributed by atoms with Crippen LogP contribution >= 0.6 is 0 Å². The zero-order valence-corrected chi connectivity index (χ0v) is 19.9. The second-order valence-electron chi connectivity index (χ2n) is 6.51. The van der Waals surface area contributed by atoms with Gasteiger partial charge in [0.2, 0.25) is 0 Å². The van der Waals surface area contributed by atoms with Gasteiger partial charge >= 0.3 is 0 Å². The van der Waals surface area contributed by atoms with Gasteiger partial charge in [-0.25, -0.2) is 22.4 Å². The molecule has 0 amide bonds. The number of rotatable bonds is 2. The maximum absolute atomic E-state index is 12.8. The van der Waals surface area contributed by atoms with Crippen molar-refractivity contribution in [3.63, 3.8) is 0 Å². The number of aromatic nitrogens is 4. The molecule has 168 valence electrons. The molecular weight excluding hydrogens is 410 g/mol. The van der Waals surface area contributed by atoms with E-state index < -0.39 is 10.0 Å². The molecule has 7 nitrogen and oxygen atoms in total. The molecule has 1 aliphatic rings. The number of fused-ring (bicyclic) bond motifs is 3. The van der Waals surface area contributed by atoms with E-state index in [1.165, 1.54) is 36.1 Å². The van der Waals surface area contributed by atoms with Gasteiger partial charge in [-0.1, -0.05) is 45.4 Å². The number of aryl methyl sites for hydroxylation is 1. The smallest absolute Gasteiger partial charge is 0.269 e. The van der Waals surface area contributed by atoms with E-state index in [1.807, 2.05) is 39.0 Å². The number of imidazole rings is 1. The lowest BCUT2D eigenvalue weighted by molar-refractivity contribution is 0.588. The van der Waals surface area contributed by atoms with Gasteiger partial charge in [-0.2, -0.15) is 0 Å². The van der Waals surface area contributed by atoms with E-state index in [0.29, 0.717) is 16.8 Å². The molecule has 0 radical (unpaired) electrons. The Bertz CT molecular complexity index is 1170. The quantitative estimate of drug-likeness (QED) is 0.488. The van der Waals surface area contributed by atoms with E-state index in [1.54, 1.807) is 48.9 Å². The van der Waals surface area contributed by atoms with Crippen LogP contribution in [0.3, 0.4) is 0 Å². The highest BCUT2D eigenvalue weighted by molar-refractivity contribution is 7.90. The Kier molecular flexibility index (Phi) is 9.21. The van der Waals surface area contributed by atoms with Gasteiger partial charge in [0.05, 0.1) is 16.6 Å². The van der Waals surface area contributed by atoms with E-state index >= 15 is 0 Å². The molecule has 31 heavy (non-hydrogen) atoms. The van der Waals surface area contributed by atoms with Gasteiger partial charge < -0.3 is 5.32 Å². The van der Waals surface area contributed by atoms with Crippen molar-refractivity contribution in [3.05, 3.63) is 60.7 Å². The van der Waals surface area contributed by atoms with Crippen molar-refractivity contribution >= 4 is 26.8 Å². The van der Waals surface area contributed by atoms with Gasteiger partial charge in [0.25, 0.3) is 10.0 Å². The van der Waals surface area contributed by atoms with Crippen molar-refractivity contribution in [1.82, 2.24) is 23.7 Å². The second kappa shape index (κ2) is 11.6. The highest BCUT2D eigenvalue weighted by Gasteiger charge is 2.20. The summed E-state index contributed by atoms with van der Waals surface area (Å²) in [7, 11) is -3.67. The van der Waals surface area contributed by atoms with Gasteiger partial charge in [0, 0.05) is 18.6 Å². The van der Waals surface area contributed by atoms with Gasteiger partial charge in [-0.15, -0.1) is 0 Å². The third kappa shape index (κ3) is 5.51. The highest BCUT2D eigenvalue weighted by Crippen LogP contribution is 2.21. The van der Waals surface area contributed by atoms with Crippen LogP contribution in [0.2, 0.25) is 0 Å². The van der Waals surface area contributed by atoms with E-state index in [0.717, 1.165) is 5.56 Å². The van der Waals surface area contributed by atoms with E-state index in [9.17, 15) is 8.42 Å². The van der Waals surface area contributed by atoms with Crippen LogP contribution in [0, 0.1) is 6.92 Å². The maximum Gasteiger partial charge on any atom is 0.269 e. The van der Waals surface area contributed by atoms with Gasteiger partial charge in [-0.3, -0.25) is 4.40 Å². The summed E-state index contributed by atoms with van der Waals surface area (Å²) in [6.45, 7) is 12.4. The first kappa shape index (κ1) is 24.6. The summed E-state index contributed by atoms with van der Waals surface area (Å²) < 4.78 is 28.6. The summed E-state index contributed by atoms with van der Waals surface area (Å²) in [6, 6.07) is 8.49. The lowest BCUT2D eigenvalue weighted by Crippen LogP contribution is -2.12. The molecule has 0 atom stereocenters. The van der Waals surface area contributed by atoms with Crippen molar-refractivity contribution in [1.29, 1.82) is 0 Å². The molecular formula is C23H33N5O2S. The summed E-state index contributed by atoms with van der Waals surface area (Å²) >= 11 is 0. The Balaban J connectivity index is 0.000000324. The third-order valence-corrected chi connectivity index (χ3v) is 6.25. The van der Waals surface area contributed by atoms with Crippen LogP contribution in [0.25, 0.3) is 16.8 Å². The van der Waals surface area contributed by atoms with E-state index in [2.05, 4.69) is 15.3 Å². The van der Waals surface area contributed by atoms with E-state index in [4.69, 9.17) is 0 Å². The normalized spacial score (nSPS) is 12.9. The predicted octanol–water partition coefficient (Wildman–Crippen LogP) is 4.65. The summed E-state index contributed by atoms with van der Waals surface area (Å²) in [5, 5.41) is 3.22. The predicted molar refractivity (Wildman–Crippen MR) is 127 cm³/mol. The van der Waals surface area contributed by atoms with Crippen LogP contribution < -0.4 is 5.32 Å². The van der Waals surface area contributed by atoms with Crippen molar-refractivity contribution in [2.75, 3.05) is 13.1 Å². The van der Waals surface area contributed by atoms with Crippen LogP contribution in [0.1, 0.15) is 46.1 Å². The standard InChI is InChI=1S/C15H12N4O2S.C4H9N.2C2H6/c1-11-2-4-12(5-3-11)22(20,21)19-8-6-13-15(19)17-10-14-16-7-9-18(13)14;1-2-4-5-3-1;2*1-2/h2-10H,1H3;5H,1-4H2;2*1-2H3. The molecule has 0 saturated carbocycles. The number of nitrogens with one attached hydrogen (secondary N) is 1. The van der Waals surface area contributed by atoms with Gasteiger partial charge in [-0.05, 0) is 51.1 Å². The van der Waals surface area contributed by atoms with Crippen molar-refractivity contribution in [3.8, 4) is 0 Å². The molecule has 4 heterocycles. The molecule has 0 spiro atoms. The van der Waals surface area contributed by atoms with Crippen LogP contribution in [0.5, 0.6) is 0 Å². The first-order valence-corrected chi connectivity index (χ1v) is 12.3. The second-order valence-corrected chi connectivity index (χ2v) is 8.32. The molecule has 5 rings (SSSR count). The molecule has 0 aliphatic carbocycles. The highest BCUT2D eigenvalue weighted by atomic mass is 32.2. The van der Waals surface area contributed by atoms with Gasteiger partial charge in [0.1, 0.15) is 0 Å². The average Bonchev–Trinajstić information content (AvgIpc) is 3.58. The average molecular weight is 444 g/mol. The number of nitrogens with zero attached hydrogens (tertiary/aromatic N) is 4. The Morgan fingerprint density at radius 1 is 0.903 bits per heavy atom. The molecule has 1 aliphatic heterocycles. The lowest BCUT2D eigenvalue weighted by atomic mass is 10.2. The first-order chi connectivity index (χ1) is 15.1. The summed E-state index contributed by atoms with van der Waals surface area (Å²) in [5.74, 6) is 0. The molecule has 3 aromatic heterocycles. The minimum atomic E-state index is -3.67. The Labute approximate surface area is 185 Å². The number of hydrogen-bond acceptors (Lipinski definition) is 5. The Morgan fingerprint density at radius 2 is 1.55 bits per heavy atom. The SMILES string of the molecule is C1CCNC1.CC.CC.Cc1ccc(S(=O)(=O)n2ccc3c2ncc2nccn23)cc1. The molecule has 8 heteroatoms. The molecule has 0 bridgehead atoms. The third-order valence-electron chi connectivity index (χ3n) is 4.57. The topological polar surface area (TPSA) is 81.3 Å². The fraction of sp³-hybridized carbons (Fsp3) is 0.391. The van der Waals surface area contributed by atoms with Crippen molar-refractivity contribution in [2.45, 2.75) is 52.4 Å². The number of hydrogen-bond donors (Lipinski definition) is 1. The van der Waals surface area contributed by atoms with E-state index in [-0.39, 0.29) is 4.90 Å². The Hall–Kier alpha value is -2.71. The van der Waals surface area contributed by atoms with Crippen LogP contribution in [-0.4, -0.2) is 39.8 Å². The van der Waals surface area contributed by atoms with Crippen molar-refractivity contribution < 1.29 is 8.42 Å². The summed E-state index contributed by atoms with van der Waals surface area (Å²) in [6.07, 6.45) is 9.29. The maximum atomic E-state index is 12.8. The molecule has 1 aromatic carbocycles. The summed E-state index contributed by atoms with van der Waals surface area (Å²) in [5.41, 5.74) is 2.77. The Morgan fingerprint density at radius 3 is 2.13 bits per heavy atom. The molecule has 4 aromatic rings. The van der Waals surface area contributed by atoms with Crippen LogP contribution in [-0.2, 0) is 10.0 Å². The minimum Gasteiger partial charge on any atom is -0.317 e. The van der Waals surface area contributed by atoms with Crippen LogP contribution in [0.15, 0.2) is 60.0 Å². The first-order valence-electron chi connectivity index (χ1n) is 10.9. The van der Waals surface area contributed by atoms with Crippen molar-refractivity contribution in [2.24, 2.45) is 0 Å². The zero-order valence-electron chi connectivity index (χ0n) is 19.0. The minimum absolute atomic E-state index is 0.239. The zero-order chi connectivity index (χ0) is 22.9. The number of benzene rings is 1.